The molecule has 1 N–H and O–H groups in total. The highest BCUT2D eigenvalue weighted by molar-refractivity contribution is 5.66. The lowest BCUT2D eigenvalue weighted by Crippen LogP contribution is -1.93. The zero-order valence-electron chi connectivity index (χ0n) is 13.6. The third kappa shape index (κ3) is 15.3. The van der Waals surface area contributed by atoms with Crippen LogP contribution in [0.25, 0.3) is 0 Å². The second-order valence-electron chi connectivity index (χ2n) is 6.01. The minimum Gasteiger partial charge on any atom is -0.481 e. The molecule has 1 atom stereocenters. The van der Waals surface area contributed by atoms with Crippen LogP contribution in [0.3, 0.4) is 0 Å². The van der Waals surface area contributed by atoms with Gasteiger partial charge in [0.25, 0.3) is 0 Å². The van der Waals surface area contributed by atoms with E-state index in [1.807, 2.05) is 0 Å². The second kappa shape index (κ2) is 14.6. The van der Waals surface area contributed by atoms with Gasteiger partial charge in [0.2, 0.25) is 0 Å². The van der Waals surface area contributed by atoms with E-state index in [-0.39, 0.29) is 0 Å². The number of aliphatic carboxylic acids is 1. The number of hydrogen-bond donors (Lipinski definition) is 1. The first kappa shape index (κ1) is 19.2. The molecule has 0 aliphatic rings. The van der Waals surface area contributed by atoms with Gasteiger partial charge in [0, 0.05) is 6.42 Å². The topological polar surface area (TPSA) is 37.3 Å². The van der Waals surface area contributed by atoms with Crippen molar-refractivity contribution >= 4 is 5.97 Å². The van der Waals surface area contributed by atoms with Crippen LogP contribution in [-0.2, 0) is 4.79 Å². The van der Waals surface area contributed by atoms with E-state index in [9.17, 15) is 4.79 Å². The maximum atomic E-state index is 10.3. The molecule has 0 aromatic rings. The summed E-state index contributed by atoms with van der Waals surface area (Å²) in [5.74, 6) is 0.109. The maximum Gasteiger partial charge on any atom is 0.303 e. The van der Waals surface area contributed by atoms with Gasteiger partial charge in [0.1, 0.15) is 0 Å². The molecule has 0 radical (unpaired) electrons. The predicted octanol–water partition coefficient (Wildman–Crippen LogP) is 5.96. The maximum absolute atomic E-state index is 10.3. The van der Waals surface area contributed by atoms with Crippen molar-refractivity contribution in [3.05, 3.63) is 12.2 Å². The number of hydrogen-bond acceptors (Lipinski definition) is 1. The quantitative estimate of drug-likeness (QED) is 0.315. The monoisotopic (exact) mass is 282 g/mol. The molecular formula is C18H34O2. The molecule has 2 heteroatoms. The van der Waals surface area contributed by atoms with Gasteiger partial charge in [-0.2, -0.15) is 0 Å². The van der Waals surface area contributed by atoms with E-state index < -0.39 is 5.97 Å². The van der Waals surface area contributed by atoms with E-state index >= 15 is 0 Å². The number of unbranched alkanes of at least 4 members (excludes halogenated alkanes) is 7. The Hall–Kier alpha value is -0.790. The van der Waals surface area contributed by atoms with Gasteiger partial charge < -0.3 is 5.11 Å². The zero-order valence-corrected chi connectivity index (χ0v) is 13.6. The van der Waals surface area contributed by atoms with Crippen molar-refractivity contribution in [2.75, 3.05) is 0 Å². The Bertz CT molecular complexity index is 246. The molecule has 0 aliphatic carbocycles. The SMILES string of the molecule is CCCCCCCCC(C)CC=CCCCCC(=O)O. The van der Waals surface area contributed by atoms with Crippen LogP contribution in [0.1, 0.15) is 90.9 Å². The fraction of sp³-hybridized carbons (Fsp3) is 0.833. The molecule has 0 fully saturated rings. The lowest BCUT2D eigenvalue weighted by atomic mass is 9.98. The summed E-state index contributed by atoms with van der Waals surface area (Å²) >= 11 is 0. The average Bonchev–Trinajstić information content (AvgIpc) is 2.41. The van der Waals surface area contributed by atoms with Crippen LogP contribution in [0.4, 0.5) is 0 Å². The van der Waals surface area contributed by atoms with Gasteiger partial charge in [0.05, 0.1) is 0 Å². The van der Waals surface area contributed by atoms with E-state index in [1.165, 1.54) is 51.4 Å². The normalized spacial score (nSPS) is 12.9. The standard InChI is InChI=1S/C18H34O2/c1-3-4-5-6-8-11-14-17(2)15-12-9-7-10-13-16-18(19)20/h9,12,17H,3-8,10-11,13-16H2,1-2H3,(H,19,20). The average molecular weight is 282 g/mol. The first-order valence-corrected chi connectivity index (χ1v) is 8.53. The third-order valence-corrected chi connectivity index (χ3v) is 3.77. The molecule has 118 valence electrons. The largest absolute Gasteiger partial charge is 0.481 e. The van der Waals surface area contributed by atoms with Crippen LogP contribution in [0.15, 0.2) is 12.2 Å². The molecule has 0 amide bonds. The summed E-state index contributed by atoms with van der Waals surface area (Å²) in [7, 11) is 0. The fourth-order valence-corrected chi connectivity index (χ4v) is 2.38. The Kier molecular flexibility index (Phi) is 14.0. The van der Waals surface area contributed by atoms with Crippen LogP contribution in [0.5, 0.6) is 0 Å². The van der Waals surface area contributed by atoms with E-state index in [4.69, 9.17) is 5.11 Å². The summed E-state index contributed by atoms with van der Waals surface area (Å²) in [6.07, 6.45) is 18.4. The van der Waals surface area contributed by atoms with Crippen molar-refractivity contribution in [2.24, 2.45) is 5.92 Å². The molecule has 0 aromatic heterocycles. The van der Waals surface area contributed by atoms with Gasteiger partial charge in [0.15, 0.2) is 0 Å². The summed E-state index contributed by atoms with van der Waals surface area (Å²) in [5.41, 5.74) is 0. The van der Waals surface area contributed by atoms with Crippen molar-refractivity contribution < 1.29 is 9.90 Å². The molecule has 0 bridgehead atoms. The molecule has 0 rings (SSSR count). The van der Waals surface area contributed by atoms with Gasteiger partial charge in [-0.3, -0.25) is 4.79 Å². The Labute approximate surface area is 125 Å². The van der Waals surface area contributed by atoms with Crippen molar-refractivity contribution in [3.63, 3.8) is 0 Å². The Morgan fingerprint density at radius 1 is 1.00 bits per heavy atom. The van der Waals surface area contributed by atoms with E-state index in [0.29, 0.717) is 6.42 Å². The van der Waals surface area contributed by atoms with Crippen LogP contribution in [0, 0.1) is 5.92 Å². The van der Waals surface area contributed by atoms with Gasteiger partial charge in [-0.15, -0.1) is 0 Å². The molecule has 0 aromatic carbocycles. The second-order valence-corrected chi connectivity index (χ2v) is 6.01. The smallest absolute Gasteiger partial charge is 0.303 e. The lowest BCUT2D eigenvalue weighted by Gasteiger charge is -2.08. The predicted molar refractivity (Wildman–Crippen MR) is 87.0 cm³/mol. The number of carboxylic acid groups (broad SMARTS) is 1. The number of rotatable bonds is 14. The van der Waals surface area contributed by atoms with Gasteiger partial charge in [-0.1, -0.05) is 70.9 Å². The lowest BCUT2D eigenvalue weighted by molar-refractivity contribution is -0.137. The van der Waals surface area contributed by atoms with Crippen molar-refractivity contribution in [3.8, 4) is 0 Å². The fourth-order valence-electron chi connectivity index (χ4n) is 2.38. The first-order chi connectivity index (χ1) is 9.66. The van der Waals surface area contributed by atoms with E-state index in [0.717, 1.165) is 25.2 Å². The highest BCUT2D eigenvalue weighted by Gasteiger charge is 1.99. The summed E-state index contributed by atoms with van der Waals surface area (Å²) in [5, 5.41) is 8.52. The Morgan fingerprint density at radius 2 is 1.70 bits per heavy atom. The Morgan fingerprint density at radius 3 is 2.40 bits per heavy atom. The molecule has 0 heterocycles. The van der Waals surface area contributed by atoms with Crippen molar-refractivity contribution in [1.29, 1.82) is 0 Å². The number of carbonyl (C=O) groups is 1. The van der Waals surface area contributed by atoms with Crippen LogP contribution < -0.4 is 0 Å². The summed E-state index contributed by atoms with van der Waals surface area (Å²) in [6.45, 7) is 4.59. The van der Waals surface area contributed by atoms with E-state index in [2.05, 4.69) is 26.0 Å². The van der Waals surface area contributed by atoms with Crippen LogP contribution >= 0.6 is 0 Å². The molecule has 1 unspecified atom stereocenters. The molecule has 20 heavy (non-hydrogen) atoms. The van der Waals surface area contributed by atoms with Crippen LogP contribution in [0.2, 0.25) is 0 Å². The molecule has 0 saturated heterocycles. The molecule has 2 nitrogen and oxygen atoms in total. The minimum atomic E-state index is -0.679. The first-order valence-electron chi connectivity index (χ1n) is 8.53. The van der Waals surface area contributed by atoms with Gasteiger partial charge in [-0.05, 0) is 31.6 Å². The Balaban J connectivity index is 3.30. The van der Waals surface area contributed by atoms with E-state index in [1.54, 1.807) is 0 Å². The molecular weight excluding hydrogens is 248 g/mol. The highest BCUT2D eigenvalue weighted by Crippen LogP contribution is 2.15. The minimum absolute atomic E-state index is 0.308. The number of allylic oxidation sites excluding steroid dienone is 2. The molecule has 0 saturated carbocycles. The van der Waals surface area contributed by atoms with Crippen LogP contribution in [-0.4, -0.2) is 11.1 Å². The molecule has 0 aliphatic heterocycles. The van der Waals surface area contributed by atoms with Crippen molar-refractivity contribution in [1.82, 2.24) is 0 Å². The van der Waals surface area contributed by atoms with Gasteiger partial charge in [-0.25, -0.2) is 0 Å². The molecule has 0 spiro atoms. The third-order valence-electron chi connectivity index (χ3n) is 3.77. The zero-order chi connectivity index (χ0) is 15.1. The van der Waals surface area contributed by atoms with Crippen molar-refractivity contribution in [2.45, 2.75) is 90.9 Å². The number of carboxylic acids is 1. The summed E-state index contributed by atoms with van der Waals surface area (Å²) < 4.78 is 0. The summed E-state index contributed by atoms with van der Waals surface area (Å²) in [6, 6.07) is 0. The highest BCUT2D eigenvalue weighted by atomic mass is 16.4. The summed E-state index contributed by atoms with van der Waals surface area (Å²) in [4.78, 5) is 10.3. The van der Waals surface area contributed by atoms with Gasteiger partial charge >= 0.3 is 5.97 Å².